The van der Waals surface area contributed by atoms with Gasteiger partial charge in [0.2, 0.25) is 0 Å². The number of hydrogen-bond donors (Lipinski definition) is 1. The highest BCUT2D eigenvalue weighted by molar-refractivity contribution is 5.95. The zero-order valence-corrected chi connectivity index (χ0v) is 16.3. The minimum absolute atomic E-state index is 0.0199. The molecule has 0 radical (unpaired) electrons. The van der Waals surface area contributed by atoms with Gasteiger partial charge in [-0.2, -0.15) is 0 Å². The van der Waals surface area contributed by atoms with Crippen LogP contribution in [-0.4, -0.2) is 45.8 Å². The molecule has 2 aromatic heterocycles. The molecule has 0 spiro atoms. The molecule has 3 aromatic rings. The Morgan fingerprint density at radius 3 is 2.43 bits per heavy atom. The van der Waals surface area contributed by atoms with E-state index in [-0.39, 0.29) is 23.7 Å². The summed E-state index contributed by atoms with van der Waals surface area (Å²) in [5.74, 6) is -0.575. The second-order valence-corrected chi connectivity index (χ2v) is 7.25. The molecule has 30 heavy (non-hydrogen) atoms. The first kappa shape index (κ1) is 19.7. The maximum atomic E-state index is 13.5. The Labute approximate surface area is 173 Å². The van der Waals surface area contributed by atoms with Crippen LogP contribution < -0.4 is 5.32 Å². The topological polar surface area (TPSA) is 75.2 Å². The van der Waals surface area contributed by atoms with Crippen molar-refractivity contribution in [2.75, 3.05) is 13.1 Å². The van der Waals surface area contributed by atoms with E-state index < -0.39 is 0 Å². The zero-order chi connectivity index (χ0) is 20.9. The molecule has 7 heteroatoms. The van der Waals surface area contributed by atoms with Gasteiger partial charge in [-0.05, 0) is 48.7 Å². The fourth-order valence-corrected chi connectivity index (χ4v) is 3.56. The Balaban J connectivity index is 1.38. The Kier molecular flexibility index (Phi) is 5.79. The molecule has 6 nitrogen and oxygen atoms in total. The number of halogens is 1. The van der Waals surface area contributed by atoms with Crippen LogP contribution in [0.3, 0.4) is 0 Å². The third-order valence-corrected chi connectivity index (χ3v) is 5.20. The lowest BCUT2D eigenvalue weighted by Gasteiger charge is -2.32. The summed E-state index contributed by atoms with van der Waals surface area (Å²) in [4.78, 5) is 35.1. The highest BCUT2D eigenvalue weighted by Gasteiger charge is 2.25. The van der Waals surface area contributed by atoms with E-state index in [9.17, 15) is 14.0 Å². The van der Waals surface area contributed by atoms with Crippen LogP contribution in [0.15, 0.2) is 67.3 Å². The largest absolute Gasteiger partial charge is 0.349 e. The van der Waals surface area contributed by atoms with Gasteiger partial charge < -0.3 is 10.2 Å². The van der Waals surface area contributed by atoms with Gasteiger partial charge >= 0.3 is 0 Å². The molecule has 0 saturated carbocycles. The highest BCUT2D eigenvalue weighted by atomic mass is 19.1. The van der Waals surface area contributed by atoms with Gasteiger partial charge in [0.15, 0.2) is 0 Å². The first-order valence-electron chi connectivity index (χ1n) is 9.81. The van der Waals surface area contributed by atoms with E-state index in [0.29, 0.717) is 48.2 Å². The number of carbonyl (C=O) groups excluding carboxylic acids is 2. The second kappa shape index (κ2) is 8.82. The minimum atomic E-state index is -0.333. The van der Waals surface area contributed by atoms with E-state index in [0.717, 1.165) is 0 Å². The molecule has 0 bridgehead atoms. The molecular weight excluding hydrogens is 383 g/mol. The van der Waals surface area contributed by atoms with Crippen LogP contribution in [-0.2, 0) is 0 Å². The predicted molar refractivity (Wildman–Crippen MR) is 110 cm³/mol. The summed E-state index contributed by atoms with van der Waals surface area (Å²) in [5, 5.41) is 3.02. The second-order valence-electron chi connectivity index (χ2n) is 7.25. The molecule has 0 atom stereocenters. The van der Waals surface area contributed by atoms with Gasteiger partial charge in [-0.25, -0.2) is 4.39 Å². The van der Waals surface area contributed by atoms with Crippen molar-refractivity contribution < 1.29 is 14.0 Å². The molecule has 4 rings (SSSR count). The maximum absolute atomic E-state index is 13.5. The van der Waals surface area contributed by atoms with Crippen LogP contribution in [0.4, 0.5) is 4.39 Å². The van der Waals surface area contributed by atoms with Gasteiger partial charge in [-0.1, -0.05) is 12.1 Å². The first-order valence-corrected chi connectivity index (χ1v) is 9.81. The lowest BCUT2D eigenvalue weighted by Crippen LogP contribution is -2.46. The standard InChI is InChI=1S/C23H21FN4O2/c24-20-3-1-2-17(13-20)18-12-19(15-26-14-18)23(30)28-10-6-21(7-11-28)27-22(29)16-4-8-25-9-5-16/h1-5,8-9,12-15,21H,6-7,10-11H2,(H,27,29). The third kappa shape index (κ3) is 4.51. The monoisotopic (exact) mass is 404 g/mol. The molecule has 3 heterocycles. The third-order valence-electron chi connectivity index (χ3n) is 5.20. The van der Waals surface area contributed by atoms with E-state index in [4.69, 9.17) is 0 Å². The van der Waals surface area contributed by atoms with E-state index in [2.05, 4.69) is 15.3 Å². The van der Waals surface area contributed by atoms with Gasteiger partial charge in [0.05, 0.1) is 5.56 Å². The lowest BCUT2D eigenvalue weighted by atomic mass is 10.0. The summed E-state index contributed by atoms with van der Waals surface area (Å²) < 4.78 is 13.5. The molecule has 1 fully saturated rings. The van der Waals surface area contributed by atoms with Crippen molar-refractivity contribution in [3.8, 4) is 11.1 Å². The van der Waals surface area contributed by atoms with Gasteiger partial charge in [-0.15, -0.1) is 0 Å². The number of likely N-dealkylation sites (tertiary alicyclic amines) is 1. The number of rotatable bonds is 4. The van der Waals surface area contributed by atoms with Crippen molar-refractivity contribution in [2.24, 2.45) is 0 Å². The molecule has 1 aliphatic heterocycles. The van der Waals surface area contributed by atoms with Gasteiger partial charge in [0.1, 0.15) is 5.82 Å². The Hall–Kier alpha value is -3.61. The predicted octanol–water partition coefficient (Wildman–Crippen LogP) is 3.32. The van der Waals surface area contributed by atoms with Crippen molar-refractivity contribution >= 4 is 11.8 Å². The zero-order valence-electron chi connectivity index (χ0n) is 16.3. The fourth-order valence-electron chi connectivity index (χ4n) is 3.56. The smallest absolute Gasteiger partial charge is 0.255 e. The summed E-state index contributed by atoms with van der Waals surface area (Å²) in [6.45, 7) is 1.09. The summed E-state index contributed by atoms with van der Waals surface area (Å²) in [6, 6.07) is 11.3. The number of nitrogens with one attached hydrogen (secondary N) is 1. The Morgan fingerprint density at radius 1 is 0.933 bits per heavy atom. The van der Waals surface area contributed by atoms with Crippen LogP contribution in [0.25, 0.3) is 11.1 Å². The molecule has 1 saturated heterocycles. The summed E-state index contributed by atoms with van der Waals surface area (Å²) in [7, 11) is 0. The van der Waals surface area contributed by atoms with Crippen LogP contribution in [0.1, 0.15) is 33.6 Å². The maximum Gasteiger partial charge on any atom is 0.255 e. The van der Waals surface area contributed by atoms with Crippen molar-refractivity contribution in [2.45, 2.75) is 18.9 Å². The van der Waals surface area contributed by atoms with Crippen LogP contribution >= 0.6 is 0 Å². The number of pyridine rings is 2. The fraction of sp³-hybridized carbons (Fsp3) is 0.217. The quantitative estimate of drug-likeness (QED) is 0.724. The summed E-state index contributed by atoms with van der Waals surface area (Å²) in [6.07, 6.45) is 7.68. The van der Waals surface area contributed by atoms with Gasteiger partial charge in [-0.3, -0.25) is 19.6 Å². The molecule has 0 aliphatic carbocycles. The Morgan fingerprint density at radius 2 is 1.70 bits per heavy atom. The molecule has 1 aromatic carbocycles. The van der Waals surface area contributed by atoms with Crippen molar-refractivity contribution in [3.63, 3.8) is 0 Å². The van der Waals surface area contributed by atoms with Crippen LogP contribution in [0.5, 0.6) is 0 Å². The van der Waals surface area contributed by atoms with E-state index in [1.54, 1.807) is 53.8 Å². The summed E-state index contributed by atoms with van der Waals surface area (Å²) >= 11 is 0. The number of amides is 2. The average molecular weight is 404 g/mol. The SMILES string of the molecule is O=C(NC1CCN(C(=O)c2cncc(-c3cccc(F)c3)c2)CC1)c1ccncc1. The van der Waals surface area contributed by atoms with Gasteiger partial charge in [0, 0.05) is 55.0 Å². The molecule has 1 aliphatic rings. The van der Waals surface area contributed by atoms with Crippen molar-refractivity contribution in [3.05, 3.63) is 84.2 Å². The van der Waals surface area contributed by atoms with Crippen LogP contribution in [0, 0.1) is 5.82 Å². The molecule has 2 amide bonds. The lowest BCUT2D eigenvalue weighted by molar-refractivity contribution is 0.0697. The van der Waals surface area contributed by atoms with Crippen molar-refractivity contribution in [1.82, 2.24) is 20.2 Å². The summed E-state index contributed by atoms with van der Waals surface area (Å²) in [5.41, 5.74) is 2.41. The number of aromatic nitrogens is 2. The number of nitrogens with zero attached hydrogens (tertiary/aromatic N) is 3. The number of carbonyl (C=O) groups is 2. The number of benzene rings is 1. The van der Waals surface area contributed by atoms with Crippen LogP contribution in [0.2, 0.25) is 0 Å². The number of piperidine rings is 1. The highest BCUT2D eigenvalue weighted by Crippen LogP contribution is 2.22. The van der Waals surface area contributed by atoms with E-state index >= 15 is 0 Å². The molecular formula is C23H21FN4O2. The average Bonchev–Trinajstić information content (AvgIpc) is 2.80. The van der Waals surface area contributed by atoms with E-state index in [1.165, 1.54) is 18.3 Å². The van der Waals surface area contributed by atoms with E-state index in [1.807, 2.05) is 0 Å². The Bertz CT molecular complexity index is 1050. The van der Waals surface area contributed by atoms with Gasteiger partial charge in [0.25, 0.3) is 11.8 Å². The molecule has 152 valence electrons. The first-order chi connectivity index (χ1) is 14.6. The molecule has 1 N–H and O–H groups in total. The molecule has 0 unspecified atom stereocenters. The number of hydrogen-bond acceptors (Lipinski definition) is 4. The minimum Gasteiger partial charge on any atom is -0.349 e. The van der Waals surface area contributed by atoms with Crippen molar-refractivity contribution in [1.29, 1.82) is 0 Å². The normalized spacial score (nSPS) is 14.4.